The van der Waals surface area contributed by atoms with Crippen LogP contribution < -0.4 is 5.32 Å². The average molecular weight is 297 g/mol. The van der Waals surface area contributed by atoms with Gasteiger partial charge in [-0.25, -0.2) is 0 Å². The molecule has 1 N–H and O–H groups in total. The molecule has 0 aliphatic rings. The highest BCUT2D eigenvalue weighted by atomic mass is 35.5. The van der Waals surface area contributed by atoms with Gasteiger partial charge in [0.1, 0.15) is 5.38 Å². The van der Waals surface area contributed by atoms with Crippen LogP contribution in [0.1, 0.15) is 5.56 Å². The summed E-state index contributed by atoms with van der Waals surface area (Å²) in [7, 11) is 1.30. The third kappa shape index (κ3) is 4.72. The summed E-state index contributed by atoms with van der Waals surface area (Å²) in [6.07, 6.45) is 0. The molecule has 3 nitrogen and oxygen atoms in total. The van der Waals surface area contributed by atoms with Crippen molar-refractivity contribution in [3.8, 4) is 0 Å². The fourth-order valence-electron chi connectivity index (χ4n) is 1.21. The lowest BCUT2D eigenvalue weighted by Gasteiger charge is -2.10. The molecule has 0 saturated heterocycles. The molecule has 0 fully saturated rings. The summed E-state index contributed by atoms with van der Waals surface area (Å²) >= 11 is 17.5. The summed E-state index contributed by atoms with van der Waals surface area (Å²) in [5.41, 5.74) is 0.893. The van der Waals surface area contributed by atoms with Gasteiger partial charge in [0, 0.05) is 23.1 Å². The summed E-state index contributed by atoms with van der Waals surface area (Å²) in [5, 5.41) is 3.48. The summed E-state index contributed by atoms with van der Waals surface area (Å²) in [4.78, 5) is 11.0. The minimum atomic E-state index is -0.703. The molecule has 0 spiro atoms. The maximum Gasteiger partial charge on any atom is 0.325 e. The van der Waals surface area contributed by atoms with Crippen molar-refractivity contribution < 1.29 is 9.53 Å². The molecule has 1 aromatic carbocycles. The second-order valence-electron chi connectivity index (χ2n) is 3.36. The highest BCUT2D eigenvalue weighted by Gasteiger charge is 2.14. The van der Waals surface area contributed by atoms with E-state index in [1.165, 1.54) is 7.11 Å². The fraction of sp³-hybridized carbons (Fsp3) is 0.364. The zero-order valence-electron chi connectivity index (χ0n) is 9.17. The second-order valence-corrected chi connectivity index (χ2v) is 4.73. The van der Waals surface area contributed by atoms with Gasteiger partial charge in [0.25, 0.3) is 0 Å². The van der Waals surface area contributed by atoms with Gasteiger partial charge in [0.2, 0.25) is 0 Å². The van der Waals surface area contributed by atoms with E-state index in [-0.39, 0.29) is 0 Å². The SMILES string of the molecule is COC(=O)C(Cl)CNCc1ccc(Cl)cc1Cl. The number of hydrogen-bond donors (Lipinski definition) is 1. The second kappa shape index (κ2) is 7.07. The van der Waals surface area contributed by atoms with Crippen LogP contribution in [-0.4, -0.2) is 25.0 Å². The van der Waals surface area contributed by atoms with Crippen molar-refractivity contribution in [1.82, 2.24) is 5.32 Å². The number of hydrogen-bond acceptors (Lipinski definition) is 3. The number of carbonyl (C=O) groups is 1. The van der Waals surface area contributed by atoms with Crippen LogP contribution in [0, 0.1) is 0 Å². The molecule has 1 unspecified atom stereocenters. The summed E-state index contributed by atoms with van der Waals surface area (Å²) in [6, 6.07) is 5.24. The molecule has 0 saturated carbocycles. The van der Waals surface area contributed by atoms with Crippen molar-refractivity contribution in [2.75, 3.05) is 13.7 Å². The monoisotopic (exact) mass is 295 g/mol. The van der Waals surface area contributed by atoms with Crippen molar-refractivity contribution >= 4 is 40.8 Å². The van der Waals surface area contributed by atoms with Crippen molar-refractivity contribution in [3.63, 3.8) is 0 Å². The first-order chi connectivity index (χ1) is 8.04. The van der Waals surface area contributed by atoms with E-state index < -0.39 is 11.3 Å². The van der Waals surface area contributed by atoms with E-state index >= 15 is 0 Å². The molecule has 0 aliphatic heterocycles. The van der Waals surface area contributed by atoms with Crippen molar-refractivity contribution in [1.29, 1.82) is 0 Å². The summed E-state index contributed by atoms with van der Waals surface area (Å²) in [6.45, 7) is 0.823. The number of halogens is 3. The number of ether oxygens (including phenoxy) is 1. The minimum absolute atomic E-state index is 0.313. The first-order valence-corrected chi connectivity index (χ1v) is 6.10. The lowest BCUT2D eigenvalue weighted by atomic mass is 10.2. The normalized spacial score (nSPS) is 12.2. The lowest BCUT2D eigenvalue weighted by Crippen LogP contribution is -2.29. The maximum absolute atomic E-state index is 11.0. The van der Waals surface area contributed by atoms with Gasteiger partial charge in [-0.05, 0) is 17.7 Å². The van der Waals surface area contributed by atoms with Crippen LogP contribution in [0.3, 0.4) is 0 Å². The molecule has 0 radical (unpaired) electrons. The van der Waals surface area contributed by atoms with E-state index in [9.17, 15) is 4.79 Å². The molecule has 1 atom stereocenters. The van der Waals surface area contributed by atoms with Crippen molar-refractivity contribution in [3.05, 3.63) is 33.8 Å². The number of nitrogens with one attached hydrogen (secondary N) is 1. The Morgan fingerprint density at radius 3 is 2.76 bits per heavy atom. The topological polar surface area (TPSA) is 38.3 Å². The Balaban J connectivity index is 2.43. The molecule has 1 aromatic rings. The van der Waals surface area contributed by atoms with Crippen LogP contribution in [0.2, 0.25) is 10.0 Å². The Labute approximate surface area is 115 Å². The predicted octanol–water partition coefficient (Wildman–Crippen LogP) is 2.86. The van der Waals surface area contributed by atoms with Crippen molar-refractivity contribution in [2.24, 2.45) is 0 Å². The number of alkyl halides is 1. The van der Waals surface area contributed by atoms with E-state index in [4.69, 9.17) is 34.8 Å². The van der Waals surface area contributed by atoms with Crippen LogP contribution in [0.4, 0.5) is 0 Å². The average Bonchev–Trinajstić information content (AvgIpc) is 2.30. The molecule has 17 heavy (non-hydrogen) atoms. The van der Waals surface area contributed by atoms with E-state index in [1.54, 1.807) is 12.1 Å². The number of methoxy groups -OCH3 is 1. The summed E-state index contributed by atoms with van der Waals surface area (Å²) < 4.78 is 4.50. The fourth-order valence-corrected chi connectivity index (χ4v) is 1.88. The largest absolute Gasteiger partial charge is 0.468 e. The van der Waals surface area contributed by atoms with Crippen LogP contribution in [0.15, 0.2) is 18.2 Å². The Hall–Kier alpha value is -0.480. The number of carbonyl (C=O) groups excluding carboxylic acids is 1. The molecule has 94 valence electrons. The molecule has 0 aliphatic carbocycles. The standard InChI is InChI=1S/C11H12Cl3NO2/c1-17-11(16)10(14)6-15-5-7-2-3-8(12)4-9(7)13/h2-4,10,15H,5-6H2,1H3. The first-order valence-electron chi connectivity index (χ1n) is 4.91. The zero-order valence-corrected chi connectivity index (χ0v) is 11.4. The van der Waals surface area contributed by atoms with E-state index in [0.717, 1.165) is 5.56 Å². The van der Waals surface area contributed by atoms with Crippen LogP contribution in [-0.2, 0) is 16.1 Å². The Bertz CT molecular complexity index is 398. The zero-order chi connectivity index (χ0) is 12.8. The molecule has 6 heteroatoms. The van der Waals surface area contributed by atoms with Crippen LogP contribution in [0.25, 0.3) is 0 Å². The quantitative estimate of drug-likeness (QED) is 0.671. The molecular weight excluding hydrogens is 284 g/mol. The summed E-state index contributed by atoms with van der Waals surface area (Å²) in [5.74, 6) is -0.457. The van der Waals surface area contributed by atoms with Gasteiger partial charge in [-0.1, -0.05) is 29.3 Å². The molecule has 0 bridgehead atoms. The van der Waals surface area contributed by atoms with Gasteiger partial charge < -0.3 is 10.1 Å². The van der Waals surface area contributed by atoms with Gasteiger partial charge in [0.15, 0.2) is 0 Å². The first kappa shape index (κ1) is 14.6. The third-order valence-electron chi connectivity index (χ3n) is 2.11. The number of esters is 1. The minimum Gasteiger partial charge on any atom is -0.468 e. The molecule has 0 amide bonds. The van der Waals surface area contributed by atoms with Crippen molar-refractivity contribution in [2.45, 2.75) is 11.9 Å². The Kier molecular flexibility index (Phi) is 6.06. The highest BCUT2D eigenvalue weighted by molar-refractivity contribution is 6.35. The third-order valence-corrected chi connectivity index (χ3v) is 3.03. The molecule has 0 aromatic heterocycles. The smallest absolute Gasteiger partial charge is 0.325 e. The van der Waals surface area contributed by atoms with E-state index in [0.29, 0.717) is 23.1 Å². The van der Waals surface area contributed by atoms with Gasteiger partial charge in [-0.15, -0.1) is 11.6 Å². The number of rotatable bonds is 5. The van der Waals surface area contributed by atoms with Gasteiger partial charge >= 0.3 is 5.97 Å². The highest BCUT2D eigenvalue weighted by Crippen LogP contribution is 2.20. The van der Waals surface area contributed by atoms with Crippen LogP contribution in [0.5, 0.6) is 0 Å². The number of benzene rings is 1. The van der Waals surface area contributed by atoms with Gasteiger partial charge in [-0.3, -0.25) is 4.79 Å². The lowest BCUT2D eigenvalue weighted by molar-refractivity contribution is -0.140. The molecule has 1 rings (SSSR count). The maximum atomic E-state index is 11.0. The Morgan fingerprint density at radius 2 is 2.18 bits per heavy atom. The van der Waals surface area contributed by atoms with E-state index in [2.05, 4.69) is 10.1 Å². The molecular formula is C11H12Cl3NO2. The molecule has 0 heterocycles. The van der Waals surface area contributed by atoms with E-state index in [1.807, 2.05) is 6.07 Å². The predicted molar refractivity (Wildman–Crippen MR) is 69.8 cm³/mol. The van der Waals surface area contributed by atoms with Gasteiger partial charge in [-0.2, -0.15) is 0 Å². The van der Waals surface area contributed by atoms with Gasteiger partial charge in [0.05, 0.1) is 7.11 Å². The van der Waals surface area contributed by atoms with Crippen LogP contribution >= 0.6 is 34.8 Å². The Morgan fingerprint density at radius 1 is 1.47 bits per heavy atom.